The Morgan fingerprint density at radius 3 is 2.67 bits per heavy atom. The third kappa shape index (κ3) is 7.02. The van der Waals surface area contributed by atoms with Crippen molar-refractivity contribution in [2.45, 2.75) is 37.3 Å². The van der Waals surface area contributed by atoms with Crippen molar-refractivity contribution in [3.05, 3.63) is 77.4 Å². The minimum Gasteiger partial charge on any atom is -0.463 e. The van der Waals surface area contributed by atoms with Crippen LogP contribution < -0.4 is 14.9 Å². The molecular weight excluding hydrogens is 631 g/mol. The average molecular weight is 664 g/mol. The molecular formula is C31H33N7O6S2. The topological polar surface area (TPSA) is 162 Å². The average Bonchev–Trinajstić information content (AvgIpc) is 3.75. The Hall–Kier alpha value is -4.44. The number of anilines is 3. The maximum atomic E-state index is 13.1. The highest BCUT2D eigenvalue weighted by Gasteiger charge is 2.27. The predicted octanol–water partition coefficient (Wildman–Crippen LogP) is 4.77. The van der Waals surface area contributed by atoms with E-state index in [9.17, 15) is 13.2 Å². The van der Waals surface area contributed by atoms with Gasteiger partial charge in [0.2, 0.25) is 16.8 Å². The monoisotopic (exact) mass is 663 g/mol. The first kappa shape index (κ1) is 31.5. The SMILES string of the molecule is COC(=O)c1ccc(S(=O)(=O)NC2C=C(c3nc(C(C)C)sc3-c3ccnc(Nc4ccc(N5CCOCC5)nc4)n3)C=CC2)o1. The minimum atomic E-state index is -4.06. The van der Waals surface area contributed by atoms with Crippen molar-refractivity contribution < 1.29 is 27.1 Å². The van der Waals surface area contributed by atoms with Gasteiger partial charge in [-0.05, 0) is 42.3 Å². The van der Waals surface area contributed by atoms with E-state index < -0.39 is 22.0 Å². The van der Waals surface area contributed by atoms with Gasteiger partial charge in [0.1, 0.15) is 5.82 Å². The lowest BCUT2D eigenvalue weighted by Gasteiger charge is -2.27. The molecule has 4 aromatic heterocycles. The van der Waals surface area contributed by atoms with Crippen molar-refractivity contribution in [3.63, 3.8) is 0 Å². The van der Waals surface area contributed by atoms with Crippen molar-refractivity contribution in [3.8, 4) is 10.6 Å². The zero-order valence-electron chi connectivity index (χ0n) is 25.5. The van der Waals surface area contributed by atoms with E-state index in [1.807, 2.05) is 36.4 Å². The molecule has 240 valence electrons. The highest BCUT2D eigenvalue weighted by molar-refractivity contribution is 7.89. The Morgan fingerprint density at radius 2 is 1.93 bits per heavy atom. The van der Waals surface area contributed by atoms with E-state index in [-0.39, 0.29) is 16.8 Å². The number of furan rings is 1. The number of allylic oxidation sites excluding steroid dienone is 2. The molecule has 15 heteroatoms. The lowest BCUT2D eigenvalue weighted by Crippen LogP contribution is -2.36. The molecule has 6 rings (SSSR count). The van der Waals surface area contributed by atoms with E-state index in [4.69, 9.17) is 19.1 Å². The van der Waals surface area contributed by atoms with Gasteiger partial charge < -0.3 is 24.1 Å². The van der Waals surface area contributed by atoms with Crippen LogP contribution >= 0.6 is 11.3 Å². The molecule has 1 atom stereocenters. The highest BCUT2D eigenvalue weighted by atomic mass is 32.2. The number of methoxy groups -OCH3 is 1. The molecule has 1 aliphatic heterocycles. The van der Waals surface area contributed by atoms with E-state index in [1.165, 1.54) is 30.6 Å². The molecule has 0 bridgehead atoms. The molecule has 0 spiro atoms. The van der Waals surface area contributed by atoms with Gasteiger partial charge in [0.05, 0.1) is 53.5 Å². The Morgan fingerprint density at radius 1 is 1.11 bits per heavy atom. The van der Waals surface area contributed by atoms with Crippen LogP contribution in [0.1, 0.15) is 47.4 Å². The lowest BCUT2D eigenvalue weighted by atomic mass is 10.00. The number of hydrogen-bond donors (Lipinski definition) is 2. The van der Waals surface area contributed by atoms with Crippen LogP contribution in [0.2, 0.25) is 0 Å². The fourth-order valence-electron chi connectivity index (χ4n) is 4.92. The molecule has 5 heterocycles. The number of carbonyl (C=O) groups excluding carboxylic acids is 1. The van der Waals surface area contributed by atoms with Gasteiger partial charge in [-0.25, -0.2) is 37.9 Å². The Labute approximate surface area is 270 Å². The van der Waals surface area contributed by atoms with Crippen LogP contribution in [0.25, 0.3) is 16.1 Å². The number of ether oxygens (including phenoxy) is 2. The molecule has 0 radical (unpaired) electrons. The fraction of sp³-hybridized carbons (Fsp3) is 0.323. The van der Waals surface area contributed by atoms with Crippen molar-refractivity contribution in [1.82, 2.24) is 24.7 Å². The highest BCUT2D eigenvalue weighted by Crippen LogP contribution is 2.38. The molecule has 1 saturated heterocycles. The number of aromatic nitrogens is 4. The number of nitrogens with one attached hydrogen (secondary N) is 2. The van der Waals surface area contributed by atoms with Crippen LogP contribution in [0.5, 0.6) is 0 Å². The molecule has 46 heavy (non-hydrogen) atoms. The molecule has 2 N–H and O–H groups in total. The molecule has 13 nitrogen and oxygen atoms in total. The number of carbonyl (C=O) groups is 1. The van der Waals surface area contributed by atoms with E-state index in [0.717, 1.165) is 40.1 Å². The molecule has 1 fully saturated rings. The first-order chi connectivity index (χ1) is 22.2. The van der Waals surface area contributed by atoms with Crippen molar-refractivity contribution >= 4 is 50.4 Å². The lowest BCUT2D eigenvalue weighted by molar-refractivity contribution is 0.0559. The van der Waals surface area contributed by atoms with Gasteiger partial charge in [-0.15, -0.1) is 11.3 Å². The first-order valence-electron chi connectivity index (χ1n) is 14.7. The summed E-state index contributed by atoms with van der Waals surface area (Å²) in [5.41, 5.74) is 2.88. The Kier molecular flexibility index (Phi) is 9.26. The molecule has 2 aliphatic rings. The van der Waals surface area contributed by atoms with Crippen LogP contribution in [0.15, 0.2) is 70.5 Å². The van der Waals surface area contributed by atoms with E-state index in [2.05, 4.69) is 43.5 Å². The summed E-state index contributed by atoms with van der Waals surface area (Å²) in [6.07, 6.45) is 9.51. The minimum absolute atomic E-state index is 0.165. The van der Waals surface area contributed by atoms with Crippen molar-refractivity contribution in [2.24, 2.45) is 0 Å². The van der Waals surface area contributed by atoms with E-state index >= 15 is 0 Å². The van der Waals surface area contributed by atoms with Gasteiger partial charge in [0, 0.05) is 31.2 Å². The maximum Gasteiger partial charge on any atom is 0.374 e. The number of sulfonamides is 1. The summed E-state index contributed by atoms with van der Waals surface area (Å²) < 4.78 is 44.1. The van der Waals surface area contributed by atoms with Gasteiger partial charge in [0.15, 0.2) is 0 Å². The summed E-state index contributed by atoms with van der Waals surface area (Å²) in [5, 5.41) is 3.79. The number of hydrogen-bond acceptors (Lipinski definition) is 13. The van der Waals surface area contributed by atoms with E-state index in [1.54, 1.807) is 12.4 Å². The first-order valence-corrected chi connectivity index (χ1v) is 17.0. The summed E-state index contributed by atoms with van der Waals surface area (Å²) >= 11 is 1.54. The number of morpholine rings is 1. The molecule has 4 aromatic rings. The second-order valence-corrected chi connectivity index (χ2v) is 13.6. The number of rotatable bonds is 10. The molecule has 0 amide bonds. The molecule has 1 unspecified atom stereocenters. The largest absolute Gasteiger partial charge is 0.463 e. The summed E-state index contributed by atoms with van der Waals surface area (Å²) in [5.74, 6) is 0.507. The second-order valence-electron chi connectivity index (χ2n) is 10.9. The maximum absolute atomic E-state index is 13.1. The van der Waals surface area contributed by atoms with Crippen LogP contribution in [-0.2, 0) is 19.5 Å². The number of thiazole rings is 1. The second kappa shape index (κ2) is 13.5. The molecule has 0 saturated carbocycles. The Bertz CT molecular complexity index is 1880. The number of nitrogens with zero attached hydrogens (tertiary/aromatic N) is 5. The fourth-order valence-corrected chi connectivity index (χ4v) is 7.11. The third-order valence-corrected chi connectivity index (χ3v) is 9.99. The van der Waals surface area contributed by atoms with Crippen molar-refractivity contribution in [1.29, 1.82) is 0 Å². The van der Waals surface area contributed by atoms with E-state index in [0.29, 0.717) is 37.0 Å². The normalized spacial score (nSPS) is 16.8. The van der Waals surface area contributed by atoms with Crippen LogP contribution in [0.3, 0.4) is 0 Å². The Balaban J connectivity index is 1.24. The third-order valence-electron chi connectivity index (χ3n) is 7.25. The zero-order chi connectivity index (χ0) is 32.3. The van der Waals surface area contributed by atoms with Crippen LogP contribution in [0.4, 0.5) is 17.5 Å². The summed E-state index contributed by atoms with van der Waals surface area (Å²) in [6.45, 7) is 7.13. The van der Waals surface area contributed by atoms with Gasteiger partial charge in [0.25, 0.3) is 10.0 Å². The number of pyridine rings is 1. The molecule has 1 aliphatic carbocycles. The van der Waals surface area contributed by atoms with Crippen LogP contribution in [0, 0.1) is 0 Å². The standard InChI is InChI=1S/C31H33N7O6S2/c1-19(2)29-36-27(20-5-4-6-21(17-20)37-46(40,41)26-10-8-24(44-26)30(39)42-3)28(45-29)23-11-12-32-31(35-23)34-22-7-9-25(33-18-22)38-13-15-43-16-14-38/h4-5,7-12,17-19,21,37H,6,13-16H2,1-3H3,(H,32,34,35). The predicted molar refractivity (Wildman–Crippen MR) is 174 cm³/mol. The summed E-state index contributed by atoms with van der Waals surface area (Å²) in [6, 6.07) is 7.64. The van der Waals surface area contributed by atoms with Gasteiger partial charge in [-0.3, -0.25) is 0 Å². The van der Waals surface area contributed by atoms with Gasteiger partial charge in [-0.1, -0.05) is 32.1 Å². The van der Waals surface area contributed by atoms with Crippen LogP contribution in [-0.4, -0.2) is 73.8 Å². The summed E-state index contributed by atoms with van der Waals surface area (Å²) in [4.78, 5) is 33.5. The molecule has 0 aromatic carbocycles. The van der Waals surface area contributed by atoms with Crippen molar-refractivity contribution in [2.75, 3.05) is 43.6 Å². The number of esters is 1. The van der Waals surface area contributed by atoms with Gasteiger partial charge in [-0.2, -0.15) is 0 Å². The quantitative estimate of drug-likeness (QED) is 0.224. The smallest absolute Gasteiger partial charge is 0.374 e. The van der Waals surface area contributed by atoms with Gasteiger partial charge >= 0.3 is 5.97 Å². The zero-order valence-corrected chi connectivity index (χ0v) is 27.1. The summed E-state index contributed by atoms with van der Waals surface area (Å²) in [7, 11) is -2.87.